The summed E-state index contributed by atoms with van der Waals surface area (Å²) in [6.45, 7) is 8.71. The third kappa shape index (κ3) is 12.1. The lowest BCUT2D eigenvalue weighted by molar-refractivity contribution is -0.152. The number of ether oxygens (including phenoxy) is 2. The SMILES string of the molecule is C=CC[C@H](CC(=O)N[C@H](C)CO)C(=O)NC[C@H](OC(=O)[C@@H](CC=C)NC(=O)OCc1ccccc1)c1ccccc1. The van der Waals surface area contributed by atoms with Gasteiger partial charge in [-0.25, -0.2) is 9.59 Å². The van der Waals surface area contributed by atoms with Gasteiger partial charge in [0.1, 0.15) is 18.8 Å². The Morgan fingerprint density at radius 1 is 0.927 bits per heavy atom. The third-order valence-electron chi connectivity index (χ3n) is 6.02. The molecule has 3 amide bonds. The van der Waals surface area contributed by atoms with Gasteiger partial charge in [0.15, 0.2) is 0 Å². The van der Waals surface area contributed by atoms with Crippen LogP contribution in [0, 0.1) is 5.92 Å². The minimum absolute atomic E-state index is 0.0318. The third-order valence-corrected chi connectivity index (χ3v) is 6.02. The molecule has 0 aliphatic rings. The number of aliphatic hydroxyl groups is 1. The fourth-order valence-electron chi connectivity index (χ4n) is 3.83. The maximum Gasteiger partial charge on any atom is 0.408 e. The first-order valence-electron chi connectivity index (χ1n) is 13.4. The van der Waals surface area contributed by atoms with E-state index in [-0.39, 0.29) is 44.9 Å². The van der Waals surface area contributed by atoms with Gasteiger partial charge in [0.25, 0.3) is 0 Å². The van der Waals surface area contributed by atoms with E-state index in [1.54, 1.807) is 43.3 Å². The number of allylic oxidation sites excluding steroid dienone is 1. The highest BCUT2D eigenvalue weighted by Crippen LogP contribution is 2.19. The zero-order valence-corrected chi connectivity index (χ0v) is 23.3. The van der Waals surface area contributed by atoms with Crippen molar-refractivity contribution in [3.8, 4) is 0 Å². The zero-order valence-electron chi connectivity index (χ0n) is 23.3. The van der Waals surface area contributed by atoms with Crippen molar-refractivity contribution in [1.82, 2.24) is 16.0 Å². The van der Waals surface area contributed by atoms with E-state index >= 15 is 0 Å². The van der Waals surface area contributed by atoms with Gasteiger partial charge >= 0.3 is 12.1 Å². The number of carbonyl (C=O) groups excluding carboxylic acids is 4. The molecule has 4 N–H and O–H groups in total. The van der Waals surface area contributed by atoms with Crippen molar-refractivity contribution < 1.29 is 33.8 Å². The van der Waals surface area contributed by atoms with E-state index in [0.717, 1.165) is 5.56 Å². The molecule has 4 atom stereocenters. The molecule has 41 heavy (non-hydrogen) atoms. The number of hydrogen-bond donors (Lipinski definition) is 4. The van der Waals surface area contributed by atoms with Gasteiger partial charge in [0, 0.05) is 12.5 Å². The van der Waals surface area contributed by atoms with Crippen molar-refractivity contribution in [3.63, 3.8) is 0 Å². The van der Waals surface area contributed by atoms with Crippen LogP contribution in [0.4, 0.5) is 4.79 Å². The maximum atomic E-state index is 13.1. The van der Waals surface area contributed by atoms with Gasteiger partial charge in [-0.3, -0.25) is 9.59 Å². The van der Waals surface area contributed by atoms with Crippen LogP contribution in [0.3, 0.4) is 0 Å². The van der Waals surface area contributed by atoms with Crippen molar-refractivity contribution in [2.45, 2.75) is 51.0 Å². The number of amides is 3. The van der Waals surface area contributed by atoms with Crippen molar-refractivity contribution in [1.29, 1.82) is 0 Å². The molecule has 0 fully saturated rings. The second-order valence-corrected chi connectivity index (χ2v) is 9.44. The zero-order chi connectivity index (χ0) is 30.0. The van der Waals surface area contributed by atoms with E-state index < -0.39 is 42.1 Å². The summed E-state index contributed by atoms with van der Waals surface area (Å²) in [5, 5.41) is 17.1. The summed E-state index contributed by atoms with van der Waals surface area (Å²) >= 11 is 0. The number of carbonyl (C=O) groups is 4. The van der Waals surface area contributed by atoms with Gasteiger partial charge in [0.05, 0.1) is 19.1 Å². The lowest BCUT2D eigenvalue weighted by Gasteiger charge is -2.24. The number of hydrogen-bond acceptors (Lipinski definition) is 7. The summed E-state index contributed by atoms with van der Waals surface area (Å²) in [6, 6.07) is 16.4. The molecular formula is C31H39N3O7. The number of alkyl carbamates (subject to hydrolysis) is 1. The van der Waals surface area contributed by atoms with Crippen LogP contribution in [0.1, 0.15) is 43.4 Å². The predicted molar refractivity (Wildman–Crippen MR) is 154 cm³/mol. The summed E-state index contributed by atoms with van der Waals surface area (Å²) < 4.78 is 11.0. The molecule has 0 aliphatic heterocycles. The Bertz CT molecular complexity index is 1140. The quantitative estimate of drug-likeness (QED) is 0.170. The largest absolute Gasteiger partial charge is 0.454 e. The first-order chi connectivity index (χ1) is 19.8. The number of esters is 1. The number of benzene rings is 2. The molecule has 0 spiro atoms. The lowest BCUT2D eigenvalue weighted by atomic mass is 9.99. The normalized spacial score (nSPS) is 13.4. The van der Waals surface area contributed by atoms with E-state index in [2.05, 4.69) is 29.1 Å². The van der Waals surface area contributed by atoms with Gasteiger partial charge < -0.3 is 30.5 Å². The number of rotatable bonds is 17. The van der Waals surface area contributed by atoms with E-state index in [9.17, 15) is 19.2 Å². The van der Waals surface area contributed by atoms with Crippen molar-refractivity contribution in [2.24, 2.45) is 5.92 Å². The summed E-state index contributed by atoms with van der Waals surface area (Å²) in [7, 11) is 0. The molecule has 0 saturated carbocycles. The molecule has 2 rings (SSSR count). The molecule has 0 unspecified atom stereocenters. The molecule has 10 heteroatoms. The minimum Gasteiger partial charge on any atom is -0.454 e. The maximum absolute atomic E-state index is 13.1. The Labute approximate surface area is 240 Å². The van der Waals surface area contributed by atoms with E-state index in [1.807, 2.05) is 30.3 Å². The molecule has 2 aromatic carbocycles. The Morgan fingerprint density at radius 3 is 2.17 bits per heavy atom. The highest BCUT2D eigenvalue weighted by Gasteiger charge is 2.28. The van der Waals surface area contributed by atoms with Crippen LogP contribution in [0.2, 0.25) is 0 Å². The van der Waals surface area contributed by atoms with Gasteiger partial charge in [-0.1, -0.05) is 72.8 Å². The van der Waals surface area contributed by atoms with Crippen molar-refractivity contribution >= 4 is 23.9 Å². The van der Waals surface area contributed by atoms with Crippen molar-refractivity contribution in [2.75, 3.05) is 13.2 Å². The minimum atomic E-state index is -1.07. The molecule has 0 heterocycles. The number of nitrogens with one attached hydrogen (secondary N) is 3. The van der Waals surface area contributed by atoms with Crippen LogP contribution < -0.4 is 16.0 Å². The Kier molecular flexibility index (Phi) is 14.4. The first-order valence-corrected chi connectivity index (χ1v) is 13.4. The average Bonchev–Trinajstić information content (AvgIpc) is 2.98. The summed E-state index contributed by atoms with van der Waals surface area (Å²) in [6.07, 6.45) is 1.59. The molecule has 0 aliphatic carbocycles. The molecule has 0 aromatic heterocycles. The van der Waals surface area contributed by atoms with Crippen LogP contribution in [0.25, 0.3) is 0 Å². The molecule has 220 valence electrons. The van der Waals surface area contributed by atoms with Crippen LogP contribution >= 0.6 is 0 Å². The highest BCUT2D eigenvalue weighted by atomic mass is 16.6. The smallest absolute Gasteiger partial charge is 0.408 e. The Morgan fingerprint density at radius 2 is 1.56 bits per heavy atom. The second kappa shape index (κ2) is 18.0. The van der Waals surface area contributed by atoms with Crippen LogP contribution in [-0.2, 0) is 30.5 Å². The molecule has 0 saturated heterocycles. The summed E-state index contributed by atoms with van der Waals surface area (Å²) in [5.74, 6) is -2.24. The van der Waals surface area contributed by atoms with Gasteiger partial charge in [-0.05, 0) is 30.9 Å². The standard InChI is InChI=1S/C31H39N3O7/c1-4-12-25(18-28(36)33-22(3)20-35)29(37)32-19-27(24-16-10-7-11-17-24)41-30(38)26(13-5-2)34-31(39)40-21-23-14-8-6-9-15-23/h4-11,14-17,22,25-27,35H,1-2,12-13,18-21H2,3H3,(H,32,37)(H,33,36)(H,34,39)/t22-,25-,26-,27+/m1/s1. The fraction of sp³-hybridized carbons (Fsp3) is 0.355. The molecule has 0 radical (unpaired) electrons. The van der Waals surface area contributed by atoms with Gasteiger partial charge in [0.2, 0.25) is 11.8 Å². The fourth-order valence-corrected chi connectivity index (χ4v) is 3.83. The number of aliphatic hydroxyl groups excluding tert-OH is 1. The van der Waals surface area contributed by atoms with Crippen LogP contribution in [-0.4, -0.2) is 54.2 Å². The second-order valence-electron chi connectivity index (χ2n) is 9.44. The van der Waals surface area contributed by atoms with E-state index in [4.69, 9.17) is 14.6 Å². The van der Waals surface area contributed by atoms with Gasteiger partial charge in [-0.2, -0.15) is 0 Å². The predicted octanol–water partition coefficient (Wildman–Crippen LogP) is 3.34. The molecule has 0 bridgehead atoms. The Hall–Kier alpha value is -4.44. The molecular weight excluding hydrogens is 526 g/mol. The monoisotopic (exact) mass is 565 g/mol. The average molecular weight is 566 g/mol. The summed E-state index contributed by atoms with van der Waals surface area (Å²) in [5.41, 5.74) is 1.42. The topological polar surface area (TPSA) is 143 Å². The Balaban J connectivity index is 2.06. The van der Waals surface area contributed by atoms with Crippen LogP contribution in [0.15, 0.2) is 86.0 Å². The first kappa shape index (κ1) is 32.8. The van der Waals surface area contributed by atoms with Crippen LogP contribution in [0.5, 0.6) is 0 Å². The van der Waals surface area contributed by atoms with E-state index in [0.29, 0.717) is 5.56 Å². The highest BCUT2D eigenvalue weighted by molar-refractivity contribution is 5.86. The van der Waals surface area contributed by atoms with Crippen molar-refractivity contribution in [3.05, 3.63) is 97.1 Å². The summed E-state index contributed by atoms with van der Waals surface area (Å²) in [4.78, 5) is 50.8. The van der Waals surface area contributed by atoms with E-state index in [1.165, 1.54) is 6.08 Å². The van der Waals surface area contributed by atoms with Gasteiger partial charge in [-0.15, -0.1) is 13.2 Å². The lowest BCUT2D eigenvalue weighted by Crippen LogP contribution is -2.43. The molecule has 2 aromatic rings. The molecule has 10 nitrogen and oxygen atoms in total.